The molecule has 2 unspecified atom stereocenters. The predicted octanol–water partition coefficient (Wildman–Crippen LogP) is 3.73. The van der Waals surface area contributed by atoms with Crippen molar-refractivity contribution in [1.29, 1.82) is 0 Å². The first kappa shape index (κ1) is 14.2. The molecule has 0 saturated heterocycles. The first-order chi connectivity index (χ1) is 8.81. The molecule has 2 fully saturated rings. The van der Waals surface area contributed by atoms with Gasteiger partial charge >= 0.3 is 0 Å². The number of hydrogen-bond acceptors (Lipinski definition) is 1. The van der Waals surface area contributed by atoms with Gasteiger partial charge in [-0.3, -0.25) is 4.79 Å². The van der Waals surface area contributed by atoms with Crippen LogP contribution in [0, 0.1) is 17.8 Å². The van der Waals surface area contributed by atoms with Gasteiger partial charge in [-0.1, -0.05) is 32.1 Å². The highest BCUT2D eigenvalue weighted by Gasteiger charge is 2.26. The maximum absolute atomic E-state index is 12.1. The lowest BCUT2D eigenvalue weighted by Crippen LogP contribution is -2.38. The number of rotatable bonds is 4. The van der Waals surface area contributed by atoms with Gasteiger partial charge < -0.3 is 5.32 Å². The first-order valence-electron chi connectivity index (χ1n) is 7.65. The summed E-state index contributed by atoms with van der Waals surface area (Å²) in [6.07, 6.45) is 11.0. The number of halogens is 1. The topological polar surface area (TPSA) is 29.1 Å². The first-order valence-corrected chi connectivity index (χ1v) is 8.18. The van der Waals surface area contributed by atoms with Crippen molar-refractivity contribution in [3.8, 4) is 0 Å². The molecular formula is C15H26ClNO. The smallest absolute Gasteiger partial charge is 0.223 e. The van der Waals surface area contributed by atoms with Crippen LogP contribution in [0.15, 0.2) is 0 Å². The third-order valence-corrected chi connectivity index (χ3v) is 5.18. The van der Waals surface area contributed by atoms with Gasteiger partial charge in [0, 0.05) is 18.3 Å². The zero-order valence-corrected chi connectivity index (χ0v) is 12.1. The van der Waals surface area contributed by atoms with E-state index in [1.807, 2.05) is 0 Å². The number of alkyl halides is 1. The van der Waals surface area contributed by atoms with Crippen LogP contribution in [0.3, 0.4) is 0 Å². The van der Waals surface area contributed by atoms with Gasteiger partial charge in [0.2, 0.25) is 5.91 Å². The third kappa shape index (κ3) is 3.88. The highest BCUT2D eigenvalue weighted by molar-refractivity contribution is 6.18. The summed E-state index contributed by atoms with van der Waals surface area (Å²) in [5.41, 5.74) is 0. The summed E-state index contributed by atoms with van der Waals surface area (Å²) < 4.78 is 0. The largest absolute Gasteiger partial charge is 0.356 e. The molecule has 2 saturated carbocycles. The van der Waals surface area contributed by atoms with Crippen LogP contribution < -0.4 is 5.32 Å². The number of carbonyl (C=O) groups excluding carboxylic acids is 1. The Morgan fingerprint density at radius 1 is 0.944 bits per heavy atom. The van der Waals surface area contributed by atoms with Gasteiger partial charge in [0.1, 0.15) is 0 Å². The van der Waals surface area contributed by atoms with E-state index in [4.69, 9.17) is 11.6 Å². The number of hydrogen-bond donors (Lipinski definition) is 1. The second kappa shape index (κ2) is 7.37. The average Bonchev–Trinajstić information content (AvgIpc) is 2.46. The molecule has 2 aliphatic carbocycles. The highest BCUT2D eigenvalue weighted by Crippen LogP contribution is 2.30. The molecule has 2 aliphatic rings. The quantitative estimate of drug-likeness (QED) is 0.776. The van der Waals surface area contributed by atoms with E-state index in [0.717, 1.165) is 25.3 Å². The van der Waals surface area contributed by atoms with Gasteiger partial charge in [0.15, 0.2) is 0 Å². The lowest BCUT2D eigenvalue weighted by molar-refractivity contribution is -0.126. The van der Waals surface area contributed by atoms with Crippen molar-refractivity contribution in [3.63, 3.8) is 0 Å². The van der Waals surface area contributed by atoms with Crippen molar-refractivity contribution < 1.29 is 4.79 Å². The van der Waals surface area contributed by atoms with Crippen LogP contribution in [0.25, 0.3) is 0 Å². The molecule has 0 aromatic carbocycles. The Kier molecular flexibility index (Phi) is 5.81. The van der Waals surface area contributed by atoms with E-state index >= 15 is 0 Å². The molecule has 18 heavy (non-hydrogen) atoms. The normalized spacial score (nSPS) is 30.1. The van der Waals surface area contributed by atoms with Crippen LogP contribution in [0.5, 0.6) is 0 Å². The average molecular weight is 272 g/mol. The molecule has 2 atom stereocenters. The molecule has 0 aromatic heterocycles. The van der Waals surface area contributed by atoms with E-state index in [-0.39, 0.29) is 5.92 Å². The predicted molar refractivity (Wildman–Crippen MR) is 75.8 cm³/mol. The second-order valence-corrected chi connectivity index (χ2v) is 6.35. The molecule has 0 aromatic rings. The molecule has 0 radical (unpaired) electrons. The Morgan fingerprint density at radius 3 is 2.22 bits per heavy atom. The van der Waals surface area contributed by atoms with E-state index in [0.29, 0.717) is 17.7 Å². The highest BCUT2D eigenvalue weighted by atomic mass is 35.5. The maximum atomic E-state index is 12.1. The van der Waals surface area contributed by atoms with Crippen LogP contribution in [0.2, 0.25) is 0 Å². The van der Waals surface area contributed by atoms with Gasteiger partial charge in [0.25, 0.3) is 0 Å². The fraction of sp³-hybridized carbons (Fsp3) is 0.933. The second-order valence-electron chi connectivity index (χ2n) is 6.04. The minimum atomic E-state index is 0.289. The van der Waals surface area contributed by atoms with Crippen LogP contribution >= 0.6 is 11.6 Å². The van der Waals surface area contributed by atoms with Crippen molar-refractivity contribution in [2.75, 3.05) is 12.4 Å². The minimum absolute atomic E-state index is 0.289. The molecule has 0 bridgehead atoms. The lowest BCUT2D eigenvalue weighted by Gasteiger charge is -2.31. The zero-order chi connectivity index (χ0) is 12.8. The van der Waals surface area contributed by atoms with Crippen molar-refractivity contribution in [1.82, 2.24) is 5.32 Å². The number of carbonyl (C=O) groups is 1. The van der Waals surface area contributed by atoms with Crippen molar-refractivity contribution >= 4 is 17.5 Å². The molecule has 0 aliphatic heterocycles. The molecule has 2 nitrogen and oxygen atoms in total. The van der Waals surface area contributed by atoms with Crippen molar-refractivity contribution in [2.45, 2.75) is 57.8 Å². The molecule has 3 heteroatoms. The van der Waals surface area contributed by atoms with Crippen molar-refractivity contribution in [3.05, 3.63) is 0 Å². The molecule has 104 valence electrons. The number of nitrogens with one attached hydrogen (secondary N) is 1. The van der Waals surface area contributed by atoms with E-state index < -0.39 is 0 Å². The summed E-state index contributed by atoms with van der Waals surface area (Å²) in [4.78, 5) is 12.1. The third-order valence-electron chi connectivity index (χ3n) is 4.78. The summed E-state index contributed by atoms with van der Waals surface area (Å²) in [7, 11) is 0. The Hall–Kier alpha value is -0.240. The van der Waals surface area contributed by atoms with Crippen LogP contribution in [-0.4, -0.2) is 18.3 Å². The standard InChI is InChI=1S/C15H26ClNO/c16-10-13-8-4-5-9-14(13)11-17-15(18)12-6-2-1-3-7-12/h12-14H,1-11H2,(H,17,18). The Balaban J connectivity index is 1.73. The van der Waals surface area contributed by atoms with Crippen LogP contribution in [0.1, 0.15) is 57.8 Å². The Morgan fingerprint density at radius 2 is 1.56 bits per heavy atom. The fourth-order valence-corrected chi connectivity index (χ4v) is 3.90. The Labute approximate surface area is 116 Å². The van der Waals surface area contributed by atoms with Gasteiger partial charge in [-0.25, -0.2) is 0 Å². The van der Waals surface area contributed by atoms with Crippen LogP contribution in [0.4, 0.5) is 0 Å². The molecule has 2 rings (SSSR count). The summed E-state index contributed by atoms with van der Waals surface area (Å²) in [6.45, 7) is 0.854. The molecule has 0 spiro atoms. The van der Waals surface area contributed by atoms with Gasteiger partial charge in [-0.2, -0.15) is 0 Å². The molecule has 1 amide bonds. The molecule has 0 heterocycles. The summed E-state index contributed by atoms with van der Waals surface area (Å²) in [5, 5.41) is 3.19. The minimum Gasteiger partial charge on any atom is -0.356 e. The van der Waals surface area contributed by atoms with Gasteiger partial charge in [-0.05, 0) is 37.5 Å². The zero-order valence-electron chi connectivity index (χ0n) is 11.3. The van der Waals surface area contributed by atoms with E-state index in [1.165, 1.54) is 44.9 Å². The molecule has 1 N–H and O–H groups in total. The maximum Gasteiger partial charge on any atom is 0.223 e. The monoisotopic (exact) mass is 271 g/mol. The fourth-order valence-electron chi connectivity index (χ4n) is 3.50. The van der Waals surface area contributed by atoms with E-state index in [1.54, 1.807) is 0 Å². The Bertz CT molecular complexity index is 263. The summed E-state index contributed by atoms with van der Waals surface area (Å²) >= 11 is 6.03. The van der Waals surface area contributed by atoms with Gasteiger partial charge in [0.05, 0.1) is 0 Å². The van der Waals surface area contributed by atoms with E-state index in [9.17, 15) is 4.79 Å². The van der Waals surface area contributed by atoms with Crippen LogP contribution in [-0.2, 0) is 4.79 Å². The van der Waals surface area contributed by atoms with Gasteiger partial charge in [-0.15, -0.1) is 11.6 Å². The van der Waals surface area contributed by atoms with Crippen molar-refractivity contribution in [2.24, 2.45) is 17.8 Å². The summed E-state index contributed by atoms with van der Waals surface area (Å²) in [5.74, 6) is 2.57. The SMILES string of the molecule is O=C(NCC1CCCCC1CCl)C1CCCCC1. The molecular weight excluding hydrogens is 246 g/mol. The number of amides is 1. The lowest BCUT2D eigenvalue weighted by atomic mass is 9.80. The summed E-state index contributed by atoms with van der Waals surface area (Å²) in [6, 6.07) is 0. The van der Waals surface area contributed by atoms with E-state index in [2.05, 4.69) is 5.32 Å².